The van der Waals surface area contributed by atoms with Gasteiger partial charge >= 0.3 is 5.97 Å². The van der Waals surface area contributed by atoms with E-state index in [1.807, 2.05) is 0 Å². The molecule has 2 rings (SSSR count). The van der Waals surface area contributed by atoms with Crippen molar-refractivity contribution in [1.82, 2.24) is 4.90 Å². The van der Waals surface area contributed by atoms with Crippen LogP contribution in [0.2, 0.25) is 0 Å². The quantitative estimate of drug-likeness (QED) is 0.808. The van der Waals surface area contributed by atoms with Gasteiger partial charge in [0, 0.05) is 17.4 Å². The van der Waals surface area contributed by atoms with Crippen LogP contribution in [0.15, 0.2) is 16.6 Å². The molecule has 5 nitrogen and oxygen atoms in total. The molecule has 1 saturated heterocycles. The van der Waals surface area contributed by atoms with Crippen LogP contribution >= 0.6 is 15.9 Å². The molecule has 1 amide bonds. The van der Waals surface area contributed by atoms with Crippen LogP contribution in [0.3, 0.4) is 0 Å². The molecule has 1 aromatic carbocycles. The van der Waals surface area contributed by atoms with Crippen molar-refractivity contribution in [3.63, 3.8) is 0 Å². The van der Waals surface area contributed by atoms with Crippen LogP contribution in [0.25, 0.3) is 0 Å². The molecule has 0 radical (unpaired) electrons. The summed E-state index contributed by atoms with van der Waals surface area (Å²) in [5.74, 6) is -3.82. The second-order valence-corrected chi connectivity index (χ2v) is 5.55. The third kappa shape index (κ3) is 3.06. The number of ether oxygens (including phenoxy) is 1. The van der Waals surface area contributed by atoms with Crippen molar-refractivity contribution in [3.05, 3.63) is 33.8 Å². The summed E-state index contributed by atoms with van der Waals surface area (Å²) >= 11 is 2.92. The van der Waals surface area contributed by atoms with Crippen molar-refractivity contribution in [3.8, 4) is 0 Å². The summed E-state index contributed by atoms with van der Waals surface area (Å²) in [4.78, 5) is 24.8. The van der Waals surface area contributed by atoms with Gasteiger partial charge in [-0.05, 0) is 12.1 Å². The standard InChI is InChI=1S/C13H12BrF2NO4/c1-21-13(20)10-4-7(18)5-17(10)12(19)11-8(15)2-6(14)3-9(11)16/h2-3,7,10,18H,4-5H2,1H3. The molecule has 21 heavy (non-hydrogen) atoms. The zero-order valence-electron chi connectivity index (χ0n) is 11.0. The van der Waals surface area contributed by atoms with Crippen LogP contribution in [0.1, 0.15) is 16.8 Å². The number of amides is 1. The maximum Gasteiger partial charge on any atom is 0.328 e. The Hall–Kier alpha value is -1.54. The van der Waals surface area contributed by atoms with E-state index in [0.29, 0.717) is 0 Å². The fourth-order valence-electron chi connectivity index (χ4n) is 2.29. The minimum Gasteiger partial charge on any atom is -0.467 e. The number of methoxy groups -OCH3 is 1. The first-order valence-corrected chi connectivity index (χ1v) is 6.85. The Labute approximate surface area is 127 Å². The number of esters is 1. The minimum atomic E-state index is -1.06. The van der Waals surface area contributed by atoms with Crippen molar-refractivity contribution >= 4 is 27.8 Å². The van der Waals surface area contributed by atoms with E-state index in [2.05, 4.69) is 20.7 Å². The number of aliphatic hydroxyl groups is 1. The van der Waals surface area contributed by atoms with Crippen molar-refractivity contribution in [2.75, 3.05) is 13.7 Å². The van der Waals surface area contributed by atoms with E-state index < -0.39 is 41.2 Å². The predicted molar refractivity (Wildman–Crippen MR) is 71.5 cm³/mol. The number of likely N-dealkylation sites (tertiary alicyclic amines) is 1. The lowest BCUT2D eigenvalue weighted by Gasteiger charge is -2.22. The molecule has 0 saturated carbocycles. The number of hydrogen-bond acceptors (Lipinski definition) is 4. The second-order valence-electron chi connectivity index (χ2n) is 4.63. The maximum atomic E-state index is 13.8. The molecule has 0 aliphatic carbocycles. The van der Waals surface area contributed by atoms with Crippen LogP contribution < -0.4 is 0 Å². The number of aliphatic hydroxyl groups excluding tert-OH is 1. The highest BCUT2D eigenvalue weighted by atomic mass is 79.9. The molecule has 0 aromatic heterocycles. The zero-order valence-corrected chi connectivity index (χ0v) is 12.6. The highest BCUT2D eigenvalue weighted by Gasteiger charge is 2.41. The summed E-state index contributed by atoms with van der Waals surface area (Å²) in [6.45, 7) is -0.187. The van der Waals surface area contributed by atoms with Crippen molar-refractivity contribution in [2.24, 2.45) is 0 Å². The molecule has 1 aliphatic heterocycles. The van der Waals surface area contributed by atoms with E-state index in [1.165, 1.54) is 0 Å². The largest absolute Gasteiger partial charge is 0.467 e. The van der Waals surface area contributed by atoms with Gasteiger partial charge in [-0.25, -0.2) is 13.6 Å². The van der Waals surface area contributed by atoms with Gasteiger partial charge in [0.25, 0.3) is 5.91 Å². The SMILES string of the molecule is COC(=O)C1CC(O)CN1C(=O)c1c(F)cc(Br)cc1F. The van der Waals surface area contributed by atoms with Gasteiger partial charge in [0.1, 0.15) is 23.2 Å². The fourth-order valence-corrected chi connectivity index (χ4v) is 2.69. The summed E-state index contributed by atoms with van der Waals surface area (Å²) in [6.07, 6.45) is -0.974. The number of carbonyl (C=O) groups excluding carboxylic acids is 2. The first-order valence-electron chi connectivity index (χ1n) is 6.06. The van der Waals surface area contributed by atoms with Crippen LogP contribution in [-0.4, -0.2) is 47.7 Å². The average molecular weight is 364 g/mol. The van der Waals surface area contributed by atoms with Gasteiger partial charge in [0.15, 0.2) is 0 Å². The maximum absolute atomic E-state index is 13.8. The summed E-state index contributed by atoms with van der Waals surface area (Å²) in [7, 11) is 1.14. The molecule has 2 unspecified atom stereocenters. The van der Waals surface area contributed by atoms with E-state index in [9.17, 15) is 23.5 Å². The number of β-amino-alcohol motifs (C(OH)–C–C–N with tert-alkyl or cyclic N) is 1. The van der Waals surface area contributed by atoms with Crippen LogP contribution in [0.5, 0.6) is 0 Å². The molecule has 114 valence electrons. The van der Waals surface area contributed by atoms with E-state index in [0.717, 1.165) is 24.1 Å². The highest BCUT2D eigenvalue weighted by molar-refractivity contribution is 9.10. The Morgan fingerprint density at radius 3 is 2.48 bits per heavy atom. The Bertz CT molecular complexity index is 573. The number of rotatable bonds is 2. The van der Waals surface area contributed by atoms with Crippen LogP contribution in [0.4, 0.5) is 8.78 Å². The molecule has 0 spiro atoms. The number of carbonyl (C=O) groups is 2. The molecular weight excluding hydrogens is 352 g/mol. The molecule has 1 aliphatic rings. The van der Waals surface area contributed by atoms with E-state index >= 15 is 0 Å². The summed E-state index contributed by atoms with van der Waals surface area (Å²) in [5.41, 5.74) is -0.763. The Balaban J connectivity index is 2.37. The van der Waals surface area contributed by atoms with Crippen LogP contribution in [0, 0.1) is 11.6 Å². The molecule has 8 heteroatoms. The van der Waals surface area contributed by atoms with E-state index in [4.69, 9.17) is 0 Å². The van der Waals surface area contributed by atoms with E-state index in [-0.39, 0.29) is 17.4 Å². The molecule has 1 aromatic rings. The van der Waals surface area contributed by atoms with Gasteiger partial charge in [0.05, 0.1) is 13.2 Å². The monoisotopic (exact) mass is 363 g/mol. The first kappa shape index (κ1) is 15.8. The number of halogens is 3. The van der Waals surface area contributed by atoms with Gasteiger partial charge < -0.3 is 14.7 Å². The van der Waals surface area contributed by atoms with Crippen LogP contribution in [-0.2, 0) is 9.53 Å². The normalized spacial score (nSPS) is 21.5. The van der Waals surface area contributed by atoms with Gasteiger partial charge in [-0.2, -0.15) is 0 Å². The zero-order chi connectivity index (χ0) is 15.7. The summed E-state index contributed by atoms with van der Waals surface area (Å²) in [5, 5.41) is 9.60. The molecule has 1 heterocycles. The minimum absolute atomic E-state index is 0.0296. The lowest BCUT2D eigenvalue weighted by Crippen LogP contribution is -2.42. The predicted octanol–water partition coefficient (Wildman–Crippen LogP) is 1.48. The van der Waals surface area contributed by atoms with Crippen molar-refractivity contribution < 1.29 is 28.2 Å². The second kappa shape index (κ2) is 6.07. The van der Waals surface area contributed by atoms with Gasteiger partial charge in [-0.1, -0.05) is 15.9 Å². The number of hydrogen-bond donors (Lipinski definition) is 1. The van der Waals surface area contributed by atoms with Crippen molar-refractivity contribution in [1.29, 1.82) is 0 Å². The lowest BCUT2D eigenvalue weighted by molar-refractivity contribution is -0.145. The van der Waals surface area contributed by atoms with Gasteiger partial charge in [-0.3, -0.25) is 4.79 Å². The molecular formula is C13H12BrF2NO4. The third-order valence-electron chi connectivity index (χ3n) is 3.23. The molecule has 0 bridgehead atoms. The Morgan fingerprint density at radius 2 is 1.95 bits per heavy atom. The molecule has 2 atom stereocenters. The number of nitrogens with zero attached hydrogens (tertiary/aromatic N) is 1. The average Bonchev–Trinajstić information content (AvgIpc) is 2.78. The smallest absolute Gasteiger partial charge is 0.328 e. The highest BCUT2D eigenvalue weighted by Crippen LogP contribution is 2.26. The summed E-state index contributed by atoms with van der Waals surface area (Å²) in [6, 6.07) is 0.853. The molecule has 1 fully saturated rings. The van der Waals surface area contributed by atoms with E-state index in [1.54, 1.807) is 0 Å². The fraction of sp³-hybridized carbons (Fsp3) is 0.385. The topological polar surface area (TPSA) is 66.8 Å². The summed E-state index contributed by atoms with van der Waals surface area (Å²) < 4.78 is 32.3. The first-order chi connectivity index (χ1) is 9.85. The molecule has 1 N–H and O–H groups in total. The third-order valence-corrected chi connectivity index (χ3v) is 3.69. The number of benzene rings is 1. The Morgan fingerprint density at radius 1 is 1.38 bits per heavy atom. The van der Waals surface area contributed by atoms with Crippen molar-refractivity contribution in [2.45, 2.75) is 18.6 Å². The Kier molecular flexibility index (Phi) is 4.58. The lowest BCUT2D eigenvalue weighted by atomic mass is 10.1. The van der Waals surface area contributed by atoms with Gasteiger partial charge in [0.2, 0.25) is 0 Å². The van der Waals surface area contributed by atoms with Gasteiger partial charge in [-0.15, -0.1) is 0 Å².